The summed E-state index contributed by atoms with van der Waals surface area (Å²) in [5.41, 5.74) is 1.22. The lowest BCUT2D eigenvalue weighted by Gasteiger charge is -2.07. The van der Waals surface area contributed by atoms with Crippen LogP contribution in [0.15, 0.2) is 24.3 Å². The van der Waals surface area contributed by atoms with Crippen molar-refractivity contribution in [3.8, 4) is 5.75 Å². The average molecular weight is 248 g/mol. The van der Waals surface area contributed by atoms with Crippen molar-refractivity contribution in [3.05, 3.63) is 40.4 Å². The Labute approximate surface area is 103 Å². The smallest absolute Gasteiger partial charge is 0.210 e. The van der Waals surface area contributed by atoms with Gasteiger partial charge in [-0.15, -0.1) is 5.10 Å². The lowest BCUT2D eigenvalue weighted by Crippen LogP contribution is -2.05. The number of hydrogen-bond donors (Lipinski definition) is 0. The number of nitrogens with zero attached hydrogens (tertiary/aromatic N) is 2. The number of hydrogen-bond acceptors (Lipinski definition) is 5. The van der Waals surface area contributed by atoms with Crippen LogP contribution in [0.5, 0.6) is 5.75 Å². The van der Waals surface area contributed by atoms with Crippen molar-refractivity contribution >= 4 is 17.3 Å². The first-order valence-electron chi connectivity index (χ1n) is 5.29. The molecule has 88 valence electrons. The highest BCUT2D eigenvalue weighted by Gasteiger charge is 2.18. The van der Waals surface area contributed by atoms with Gasteiger partial charge in [-0.25, -0.2) is 0 Å². The molecular weight excluding hydrogens is 236 g/mol. The maximum atomic E-state index is 12.3. The van der Waals surface area contributed by atoms with Gasteiger partial charge in [0.25, 0.3) is 0 Å². The number of carbonyl (C=O) groups excluding carboxylic acids is 1. The predicted molar refractivity (Wildman–Crippen MR) is 65.7 cm³/mol. The van der Waals surface area contributed by atoms with Gasteiger partial charge < -0.3 is 4.74 Å². The molecule has 17 heavy (non-hydrogen) atoms. The normalized spacial score (nSPS) is 10.2. The zero-order valence-corrected chi connectivity index (χ0v) is 10.5. The van der Waals surface area contributed by atoms with E-state index in [4.69, 9.17) is 4.74 Å². The van der Waals surface area contributed by atoms with E-state index in [2.05, 4.69) is 9.59 Å². The van der Waals surface area contributed by atoms with Crippen LogP contribution < -0.4 is 4.74 Å². The molecule has 1 heterocycles. The van der Waals surface area contributed by atoms with Crippen molar-refractivity contribution in [1.29, 1.82) is 0 Å². The van der Waals surface area contributed by atoms with Gasteiger partial charge in [0, 0.05) is 0 Å². The number of para-hydroxylation sites is 1. The molecule has 1 aromatic carbocycles. The third-order valence-electron chi connectivity index (χ3n) is 2.29. The van der Waals surface area contributed by atoms with Crippen LogP contribution in [0.4, 0.5) is 0 Å². The van der Waals surface area contributed by atoms with Gasteiger partial charge in [0.05, 0.1) is 17.9 Å². The monoisotopic (exact) mass is 248 g/mol. The quantitative estimate of drug-likeness (QED) is 0.780. The summed E-state index contributed by atoms with van der Waals surface area (Å²) >= 11 is 1.11. The molecule has 4 nitrogen and oxygen atoms in total. The number of rotatable bonds is 4. The van der Waals surface area contributed by atoms with Gasteiger partial charge >= 0.3 is 0 Å². The summed E-state index contributed by atoms with van der Waals surface area (Å²) in [5.74, 6) is 0.523. The fraction of sp³-hybridized carbons (Fsp3) is 0.250. The van der Waals surface area contributed by atoms with E-state index in [-0.39, 0.29) is 5.78 Å². The summed E-state index contributed by atoms with van der Waals surface area (Å²) in [6.07, 6.45) is 0. The third kappa shape index (κ3) is 2.34. The molecule has 0 saturated carbocycles. The van der Waals surface area contributed by atoms with E-state index in [0.29, 0.717) is 28.5 Å². The number of carbonyl (C=O) groups is 1. The number of benzene rings is 1. The molecule has 0 radical (unpaired) electrons. The Morgan fingerprint density at radius 3 is 2.82 bits per heavy atom. The number of ether oxygens (including phenoxy) is 1. The summed E-state index contributed by atoms with van der Waals surface area (Å²) in [6.45, 7) is 4.20. The zero-order chi connectivity index (χ0) is 12.3. The van der Waals surface area contributed by atoms with E-state index in [1.165, 1.54) is 0 Å². The second-order valence-corrected chi connectivity index (χ2v) is 4.20. The van der Waals surface area contributed by atoms with E-state index >= 15 is 0 Å². The Hall–Kier alpha value is -1.75. The predicted octanol–water partition coefficient (Wildman–Crippen LogP) is 2.48. The molecule has 0 aliphatic carbocycles. The highest BCUT2D eigenvalue weighted by molar-refractivity contribution is 7.08. The zero-order valence-electron chi connectivity index (χ0n) is 9.64. The molecule has 0 amide bonds. The number of aryl methyl sites for hydroxylation is 1. The number of ketones is 1. The summed E-state index contributed by atoms with van der Waals surface area (Å²) in [4.78, 5) is 12.8. The van der Waals surface area contributed by atoms with Crippen LogP contribution in [0, 0.1) is 6.92 Å². The highest BCUT2D eigenvalue weighted by atomic mass is 32.1. The second-order valence-electron chi connectivity index (χ2n) is 3.45. The van der Waals surface area contributed by atoms with Gasteiger partial charge in [0.15, 0.2) is 0 Å². The minimum atomic E-state index is -0.0819. The molecule has 2 aromatic rings. The molecule has 0 unspecified atom stereocenters. The van der Waals surface area contributed by atoms with Crippen molar-refractivity contribution < 1.29 is 9.53 Å². The van der Waals surface area contributed by atoms with Crippen LogP contribution in [0.1, 0.15) is 27.9 Å². The Morgan fingerprint density at radius 2 is 2.18 bits per heavy atom. The average Bonchev–Trinajstić information content (AvgIpc) is 2.76. The molecule has 0 aliphatic heterocycles. The molecule has 0 spiro atoms. The first kappa shape index (κ1) is 11.7. The van der Waals surface area contributed by atoms with Crippen LogP contribution in [0.3, 0.4) is 0 Å². The Kier molecular flexibility index (Phi) is 3.49. The molecule has 0 aliphatic rings. The molecular formula is C12H12N2O2S. The van der Waals surface area contributed by atoms with Gasteiger partial charge in [-0.2, -0.15) is 0 Å². The molecule has 0 fully saturated rings. The Morgan fingerprint density at radius 1 is 1.41 bits per heavy atom. The molecule has 0 saturated heterocycles. The summed E-state index contributed by atoms with van der Waals surface area (Å²) in [5, 5.41) is 3.85. The summed E-state index contributed by atoms with van der Waals surface area (Å²) < 4.78 is 9.21. The molecule has 0 N–H and O–H groups in total. The maximum Gasteiger partial charge on any atom is 0.210 e. The van der Waals surface area contributed by atoms with Crippen molar-refractivity contribution in [1.82, 2.24) is 9.59 Å². The van der Waals surface area contributed by atoms with E-state index < -0.39 is 0 Å². The molecule has 0 bridgehead atoms. The van der Waals surface area contributed by atoms with Crippen molar-refractivity contribution in [2.24, 2.45) is 0 Å². The van der Waals surface area contributed by atoms with Gasteiger partial charge in [0.2, 0.25) is 5.78 Å². The third-order valence-corrected chi connectivity index (χ3v) is 3.12. The molecule has 2 rings (SSSR count). The molecule has 1 aromatic heterocycles. The van der Waals surface area contributed by atoms with Crippen LogP contribution in [0.2, 0.25) is 0 Å². The minimum Gasteiger partial charge on any atom is -0.493 e. The standard InChI is InChI=1S/C12H12N2O2S/c1-3-16-10-7-5-4-6-9(10)11(15)12-8(2)13-14-17-12/h4-7H,3H2,1-2H3. The molecule has 5 heteroatoms. The van der Waals surface area contributed by atoms with E-state index in [1.807, 2.05) is 19.1 Å². The lowest BCUT2D eigenvalue weighted by molar-refractivity contribution is 0.103. The summed E-state index contributed by atoms with van der Waals surface area (Å²) in [7, 11) is 0. The van der Waals surface area contributed by atoms with Gasteiger partial charge in [-0.05, 0) is 37.5 Å². The van der Waals surface area contributed by atoms with Crippen LogP contribution >= 0.6 is 11.5 Å². The Balaban J connectivity index is 2.40. The maximum absolute atomic E-state index is 12.3. The van der Waals surface area contributed by atoms with Crippen LogP contribution in [-0.4, -0.2) is 22.0 Å². The van der Waals surface area contributed by atoms with Gasteiger partial charge in [-0.3, -0.25) is 4.79 Å². The Bertz CT molecular complexity index is 537. The van der Waals surface area contributed by atoms with Crippen molar-refractivity contribution in [2.75, 3.05) is 6.61 Å². The topological polar surface area (TPSA) is 52.1 Å². The lowest BCUT2D eigenvalue weighted by atomic mass is 10.1. The van der Waals surface area contributed by atoms with E-state index in [0.717, 1.165) is 11.5 Å². The fourth-order valence-corrected chi connectivity index (χ4v) is 2.11. The first-order valence-corrected chi connectivity index (χ1v) is 6.07. The SMILES string of the molecule is CCOc1ccccc1C(=O)c1snnc1C. The van der Waals surface area contributed by atoms with Crippen molar-refractivity contribution in [3.63, 3.8) is 0 Å². The summed E-state index contributed by atoms with van der Waals surface area (Å²) in [6, 6.07) is 7.21. The second kappa shape index (κ2) is 5.05. The first-order chi connectivity index (χ1) is 8.24. The van der Waals surface area contributed by atoms with Crippen molar-refractivity contribution in [2.45, 2.75) is 13.8 Å². The van der Waals surface area contributed by atoms with Gasteiger partial charge in [-0.1, -0.05) is 16.6 Å². The van der Waals surface area contributed by atoms with Crippen LogP contribution in [0.25, 0.3) is 0 Å². The number of aromatic nitrogens is 2. The fourth-order valence-electron chi connectivity index (χ4n) is 1.50. The van der Waals surface area contributed by atoms with Gasteiger partial charge in [0.1, 0.15) is 10.6 Å². The van der Waals surface area contributed by atoms with E-state index in [1.54, 1.807) is 19.1 Å². The van der Waals surface area contributed by atoms with E-state index in [9.17, 15) is 4.79 Å². The van der Waals surface area contributed by atoms with Crippen LogP contribution in [-0.2, 0) is 0 Å². The minimum absolute atomic E-state index is 0.0819. The molecule has 0 atom stereocenters. The highest BCUT2D eigenvalue weighted by Crippen LogP contribution is 2.23. The largest absolute Gasteiger partial charge is 0.493 e.